The van der Waals surface area contributed by atoms with Crippen molar-refractivity contribution in [2.75, 3.05) is 13.2 Å². The van der Waals surface area contributed by atoms with Crippen molar-refractivity contribution in [1.82, 2.24) is 0 Å². The molecular weight excluding hydrogens is 232 g/mol. The van der Waals surface area contributed by atoms with Gasteiger partial charge in [-0.25, -0.2) is 0 Å². The maximum absolute atomic E-state index is 5.62. The molecule has 1 aromatic carbocycles. The summed E-state index contributed by atoms with van der Waals surface area (Å²) in [6, 6.07) is 5.99. The maximum atomic E-state index is 5.62. The number of alkyl halides is 1. The molecule has 0 unspecified atom stereocenters. The topological polar surface area (TPSA) is 18.5 Å². The van der Waals surface area contributed by atoms with E-state index < -0.39 is 0 Å². The average Bonchev–Trinajstić information content (AvgIpc) is 2.41. The molecule has 0 saturated carbocycles. The molecule has 0 aromatic heterocycles. The summed E-state index contributed by atoms with van der Waals surface area (Å²) in [6.45, 7) is 1.50. The number of fused-ring (bicyclic) bond motifs is 1. The Morgan fingerprint density at radius 1 is 1.23 bits per heavy atom. The third kappa shape index (κ3) is 1.80. The lowest BCUT2D eigenvalue weighted by Crippen LogP contribution is -1.98. The molecule has 0 spiro atoms. The molecule has 1 aromatic rings. The van der Waals surface area contributed by atoms with E-state index >= 15 is 0 Å². The van der Waals surface area contributed by atoms with E-state index in [0.717, 1.165) is 42.0 Å². The Kier molecular flexibility index (Phi) is 2.74. The Bertz CT molecular complexity index is 299. The van der Waals surface area contributed by atoms with E-state index in [-0.39, 0.29) is 0 Å². The number of para-hydroxylation sites is 1. The summed E-state index contributed by atoms with van der Waals surface area (Å²) in [5.74, 6) is 1.77. The summed E-state index contributed by atoms with van der Waals surface area (Å²) in [6.07, 6.45) is 0.955. The van der Waals surface area contributed by atoms with Gasteiger partial charge in [0, 0.05) is 17.3 Å². The Labute approximate surface area is 86.0 Å². The van der Waals surface area contributed by atoms with Crippen molar-refractivity contribution in [1.29, 1.82) is 0 Å². The molecule has 1 heterocycles. The monoisotopic (exact) mass is 242 g/mol. The van der Waals surface area contributed by atoms with Crippen LogP contribution in [-0.2, 0) is 5.33 Å². The molecule has 0 atom stereocenters. The molecule has 0 radical (unpaired) electrons. The van der Waals surface area contributed by atoms with Crippen molar-refractivity contribution in [3.8, 4) is 11.5 Å². The maximum Gasteiger partial charge on any atom is 0.165 e. The fourth-order valence-corrected chi connectivity index (χ4v) is 1.80. The number of rotatable bonds is 1. The van der Waals surface area contributed by atoms with Crippen LogP contribution in [0.25, 0.3) is 0 Å². The summed E-state index contributed by atoms with van der Waals surface area (Å²) in [5.41, 5.74) is 1.15. The Hall–Kier alpha value is -0.700. The summed E-state index contributed by atoms with van der Waals surface area (Å²) in [7, 11) is 0. The van der Waals surface area contributed by atoms with Crippen molar-refractivity contribution >= 4 is 15.9 Å². The van der Waals surface area contributed by atoms with Crippen LogP contribution in [0.15, 0.2) is 18.2 Å². The van der Waals surface area contributed by atoms with Crippen LogP contribution in [0.1, 0.15) is 12.0 Å². The molecule has 0 bridgehead atoms. The van der Waals surface area contributed by atoms with E-state index in [1.807, 2.05) is 18.2 Å². The zero-order valence-electron chi connectivity index (χ0n) is 7.25. The Morgan fingerprint density at radius 2 is 2.08 bits per heavy atom. The molecule has 0 fully saturated rings. The lowest BCUT2D eigenvalue weighted by Gasteiger charge is -2.09. The first-order valence-corrected chi connectivity index (χ1v) is 5.47. The molecule has 70 valence electrons. The van der Waals surface area contributed by atoms with Gasteiger partial charge in [0.05, 0.1) is 13.2 Å². The zero-order chi connectivity index (χ0) is 9.10. The third-order valence-electron chi connectivity index (χ3n) is 2.00. The lowest BCUT2D eigenvalue weighted by atomic mass is 10.2. The molecular formula is C10H11BrO2. The molecule has 0 aliphatic carbocycles. The molecule has 3 heteroatoms. The van der Waals surface area contributed by atoms with Crippen molar-refractivity contribution in [3.05, 3.63) is 23.8 Å². The van der Waals surface area contributed by atoms with Gasteiger partial charge in [0.1, 0.15) is 0 Å². The summed E-state index contributed by atoms with van der Waals surface area (Å²) >= 11 is 3.43. The standard InChI is InChI=1S/C10H11BrO2/c11-7-8-3-1-4-9-10(8)13-6-2-5-12-9/h1,3-4H,2,5-7H2. The summed E-state index contributed by atoms with van der Waals surface area (Å²) < 4.78 is 11.2. The minimum absolute atomic E-state index is 0.747. The molecule has 13 heavy (non-hydrogen) atoms. The molecule has 2 rings (SSSR count). The predicted molar refractivity (Wildman–Crippen MR) is 54.7 cm³/mol. The lowest BCUT2D eigenvalue weighted by molar-refractivity contribution is 0.296. The van der Waals surface area contributed by atoms with Crippen LogP contribution in [0.2, 0.25) is 0 Å². The fourth-order valence-electron chi connectivity index (χ4n) is 1.36. The van der Waals surface area contributed by atoms with Crippen LogP contribution >= 0.6 is 15.9 Å². The van der Waals surface area contributed by atoms with E-state index in [4.69, 9.17) is 9.47 Å². The molecule has 1 aliphatic heterocycles. The molecule has 1 aliphatic rings. The second kappa shape index (κ2) is 4.01. The number of hydrogen-bond acceptors (Lipinski definition) is 2. The van der Waals surface area contributed by atoms with E-state index in [1.54, 1.807) is 0 Å². The molecule has 0 amide bonds. The minimum Gasteiger partial charge on any atom is -0.490 e. The second-order valence-corrected chi connectivity index (χ2v) is 3.49. The second-order valence-electron chi connectivity index (χ2n) is 2.93. The summed E-state index contributed by atoms with van der Waals surface area (Å²) in [4.78, 5) is 0. The van der Waals surface area contributed by atoms with E-state index in [0.29, 0.717) is 0 Å². The number of ether oxygens (including phenoxy) is 2. The number of hydrogen-bond donors (Lipinski definition) is 0. The predicted octanol–water partition coefficient (Wildman–Crippen LogP) is 2.74. The highest BCUT2D eigenvalue weighted by Gasteiger charge is 2.12. The van der Waals surface area contributed by atoms with Crippen molar-refractivity contribution in [3.63, 3.8) is 0 Å². The molecule has 0 N–H and O–H groups in total. The van der Waals surface area contributed by atoms with Gasteiger partial charge in [-0.1, -0.05) is 28.1 Å². The highest BCUT2D eigenvalue weighted by molar-refractivity contribution is 9.08. The van der Waals surface area contributed by atoms with Crippen molar-refractivity contribution in [2.45, 2.75) is 11.8 Å². The van der Waals surface area contributed by atoms with Gasteiger partial charge in [0.2, 0.25) is 0 Å². The van der Waals surface area contributed by atoms with Gasteiger partial charge in [0.25, 0.3) is 0 Å². The van der Waals surface area contributed by atoms with Gasteiger partial charge < -0.3 is 9.47 Å². The highest BCUT2D eigenvalue weighted by atomic mass is 79.9. The first kappa shape index (κ1) is 8.88. The van der Waals surface area contributed by atoms with Crippen LogP contribution in [0.5, 0.6) is 11.5 Å². The quantitative estimate of drug-likeness (QED) is 0.706. The van der Waals surface area contributed by atoms with Crippen LogP contribution < -0.4 is 9.47 Å². The smallest absolute Gasteiger partial charge is 0.165 e. The van der Waals surface area contributed by atoms with Gasteiger partial charge in [-0.05, 0) is 6.07 Å². The van der Waals surface area contributed by atoms with Crippen LogP contribution in [0, 0.1) is 0 Å². The fraction of sp³-hybridized carbons (Fsp3) is 0.400. The van der Waals surface area contributed by atoms with Crippen LogP contribution in [0.4, 0.5) is 0 Å². The number of benzene rings is 1. The largest absolute Gasteiger partial charge is 0.490 e. The van der Waals surface area contributed by atoms with E-state index in [2.05, 4.69) is 15.9 Å². The Morgan fingerprint density at radius 3 is 2.92 bits per heavy atom. The third-order valence-corrected chi connectivity index (χ3v) is 2.60. The minimum atomic E-state index is 0.747. The van der Waals surface area contributed by atoms with Gasteiger partial charge >= 0.3 is 0 Å². The molecule has 2 nitrogen and oxygen atoms in total. The van der Waals surface area contributed by atoms with Crippen LogP contribution in [-0.4, -0.2) is 13.2 Å². The van der Waals surface area contributed by atoms with Gasteiger partial charge in [-0.15, -0.1) is 0 Å². The van der Waals surface area contributed by atoms with Gasteiger partial charge in [-0.3, -0.25) is 0 Å². The molecule has 0 saturated heterocycles. The van der Waals surface area contributed by atoms with Gasteiger partial charge in [0.15, 0.2) is 11.5 Å². The summed E-state index contributed by atoms with van der Waals surface area (Å²) in [5, 5.41) is 0.805. The van der Waals surface area contributed by atoms with E-state index in [1.165, 1.54) is 0 Å². The van der Waals surface area contributed by atoms with Crippen LogP contribution in [0.3, 0.4) is 0 Å². The van der Waals surface area contributed by atoms with Crippen molar-refractivity contribution in [2.24, 2.45) is 0 Å². The number of halogens is 1. The SMILES string of the molecule is BrCc1cccc2c1OCCCO2. The van der Waals surface area contributed by atoms with E-state index in [9.17, 15) is 0 Å². The zero-order valence-corrected chi connectivity index (χ0v) is 8.84. The highest BCUT2D eigenvalue weighted by Crippen LogP contribution is 2.34. The average molecular weight is 243 g/mol. The van der Waals surface area contributed by atoms with Crippen molar-refractivity contribution < 1.29 is 9.47 Å². The first-order valence-electron chi connectivity index (χ1n) is 4.35. The van der Waals surface area contributed by atoms with Gasteiger partial charge in [-0.2, -0.15) is 0 Å². The first-order chi connectivity index (χ1) is 6.42. The normalized spacial score (nSPS) is 15.2. The Balaban J connectivity index is 2.40.